The summed E-state index contributed by atoms with van der Waals surface area (Å²) in [7, 11) is 0. The summed E-state index contributed by atoms with van der Waals surface area (Å²) in [6.45, 7) is 10.6. The minimum atomic E-state index is -0.0306. The molecule has 0 spiro atoms. The molecule has 1 aromatic rings. The zero-order valence-corrected chi connectivity index (χ0v) is 13.0. The first-order valence-electron chi connectivity index (χ1n) is 7.46. The highest BCUT2D eigenvalue weighted by Crippen LogP contribution is 2.33. The fraction of sp³-hybridized carbons (Fsp3) is 0.588. The highest BCUT2D eigenvalue weighted by atomic mass is 16.5. The number of carbonyl (C=O) groups excluding carboxylic acids is 1. The van der Waals surface area contributed by atoms with Gasteiger partial charge in [0.2, 0.25) is 0 Å². The summed E-state index contributed by atoms with van der Waals surface area (Å²) in [5.41, 5.74) is 1.05. The van der Waals surface area contributed by atoms with Gasteiger partial charge in [0.25, 0.3) is 0 Å². The molecule has 108 valence electrons. The molecule has 0 aromatic heterocycles. The van der Waals surface area contributed by atoms with Gasteiger partial charge >= 0.3 is 5.97 Å². The molecule has 1 aromatic carbocycles. The van der Waals surface area contributed by atoms with Crippen molar-refractivity contribution in [1.29, 1.82) is 0 Å². The quantitative estimate of drug-likeness (QED) is 0.731. The first-order valence-corrected chi connectivity index (χ1v) is 7.46. The molecule has 1 aliphatic carbocycles. The highest BCUT2D eigenvalue weighted by molar-refractivity contribution is 5.73. The SMILES string of the molecule is CC.CC.CC1CC(C(=O)OCc2ccccc2)C1. The van der Waals surface area contributed by atoms with Crippen LogP contribution in [0.25, 0.3) is 0 Å². The van der Waals surface area contributed by atoms with Gasteiger partial charge in [0, 0.05) is 0 Å². The first-order chi connectivity index (χ1) is 9.25. The van der Waals surface area contributed by atoms with Crippen LogP contribution in [0.4, 0.5) is 0 Å². The summed E-state index contributed by atoms with van der Waals surface area (Å²) in [4.78, 5) is 11.5. The number of hydrogen-bond acceptors (Lipinski definition) is 2. The highest BCUT2D eigenvalue weighted by Gasteiger charge is 2.32. The van der Waals surface area contributed by atoms with Crippen molar-refractivity contribution in [3.8, 4) is 0 Å². The van der Waals surface area contributed by atoms with Crippen LogP contribution < -0.4 is 0 Å². The Morgan fingerprint density at radius 1 is 1.11 bits per heavy atom. The van der Waals surface area contributed by atoms with Gasteiger partial charge in [-0.3, -0.25) is 4.79 Å². The predicted molar refractivity (Wildman–Crippen MR) is 80.8 cm³/mol. The first kappa shape index (κ1) is 17.7. The zero-order chi connectivity index (χ0) is 14.7. The summed E-state index contributed by atoms with van der Waals surface area (Å²) in [5.74, 6) is 0.819. The predicted octanol–water partition coefficient (Wildman–Crippen LogP) is 4.83. The lowest BCUT2D eigenvalue weighted by Crippen LogP contribution is -2.30. The Morgan fingerprint density at radius 2 is 1.63 bits per heavy atom. The van der Waals surface area contributed by atoms with E-state index in [4.69, 9.17) is 4.74 Å². The molecule has 0 aliphatic heterocycles. The average molecular weight is 264 g/mol. The van der Waals surface area contributed by atoms with E-state index in [0.29, 0.717) is 12.5 Å². The van der Waals surface area contributed by atoms with Crippen LogP contribution in [0.1, 0.15) is 53.0 Å². The monoisotopic (exact) mass is 264 g/mol. The molecule has 0 amide bonds. The third-order valence-corrected chi connectivity index (χ3v) is 2.93. The fourth-order valence-corrected chi connectivity index (χ4v) is 1.94. The Morgan fingerprint density at radius 3 is 2.11 bits per heavy atom. The van der Waals surface area contributed by atoms with Crippen molar-refractivity contribution >= 4 is 5.97 Å². The fourth-order valence-electron chi connectivity index (χ4n) is 1.94. The third kappa shape index (κ3) is 6.42. The van der Waals surface area contributed by atoms with E-state index in [1.807, 2.05) is 58.0 Å². The summed E-state index contributed by atoms with van der Waals surface area (Å²) in [6.07, 6.45) is 1.99. The number of benzene rings is 1. The molecule has 1 aliphatic rings. The Balaban J connectivity index is 0.000000741. The molecule has 2 heteroatoms. The van der Waals surface area contributed by atoms with Crippen molar-refractivity contribution in [3.05, 3.63) is 35.9 Å². The van der Waals surface area contributed by atoms with Gasteiger partial charge in [0.05, 0.1) is 5.92 Å². The molecular formula is C17H28O2. The Hall–Kier alpha value is -1.31. The molecule has 0 radical (unpaired) electrons. The van der Waals surface area contributed by atoms with Gasteiger partial charge in [0.15, 0.2) is 0 Å². The normalized spacial score (nSPS) is 19.8. The number of hydrogen-bond donors (Lipinski definition) is 0. The minimum absolute atomic E-state index is 0.0306. The second-order valence-electron chi connectivity index (χ2n) is 4.37. The maximum Gasteiger partial charge on any atom is 0.309 e. The van der Waals surface area contributed by atoms with E-state index in [9.17, 15) is 4.79 Å². The van der Waals surface area contributed by atoms with Crippen LogP contribution in [-0.2, 0) is 16.1 Å². The second kappa shape index (κ2) is 10.6. The Labute approximate surface area is 118 Å². The molecule has 19 heavy (non-hydrogen) atoms. The van der Waals surface area contributed by atoms with Crippen LogP contribution >= 0.6 is 0 Å². The number of esters is 1. The van der Waals surface area contributed by atoms with Crippen molar-refractivity contribution in [3.63, 3.8) is 0 Å². The molecule has 2 rings (SSSR count). The van der Waals surface area contributed by atoms with E-state index in [2.05, 4.69) is 6.92 Å². The third-order valence-electron chi connectivity index (χ3n) is 2.93. The molecule has 0 saturated heterocycles. The van der Waals surface area contributed by atoms with Crippen LogP contribution in [0.5, 0.6) is 0 Å². The molecule has 0 N–H and O–H groups in total. The number of rotatable bonds is 3. The average Bonchev–Trinajstić information content (AvgIpc) is 2.47. The van der Waals surface area contributed by atoms with Gasteiger partial charge in [-0.2, -0.15) is 0 Å². The lowest BCUT2D eigenvalue weighted by molar-refractivity contribution is -0.154. The maximum absolute atomic E-state index is 11.5. The van der Waals surface area contributed by atoms with E-state index in [-0.39, 0.29) is 11.9 Å². The lowest BCUT2D eigenvalue weighted by atomic mass is 9.76. The van der Waals surface area contributed by atoms with Gasteiger partial charge in [-0.25, -0.2) is 0 Å². The van der Waals surface area contributed by atoms with Crippen molar-refractivity contribution in [2.24, 2.45) is 11.8 Å². The van der Waals surface area contributed by atoms with Gasteiger partial charge in [-0.1, -0.05) is 65.0 Å². The van der Waals surface area contributed by atoms with Crippen molar-refractivity contribution < 1.29 is 9.53 Å². The van der Waals surface area contributed by atoms with Crippen LogP contribution in [0, 0.1) is 11.8 Å². The smallest absolute Gasteiger partial charge is 0.309 e. The van der Waals surface area contributed by atoms with Gasteiger partial charge in [-0.05, 0) is 24.3 Å². The van der Waals surface area contributed by atoms with Crippen molar-refractivity contribution in [1.82, 2.24) is 0 Å². The standard InChI is InChI=1S/C13H16O2.2C2H6/c1-10-7-12(8-10)13(14)15-9-11-5-3-2-4-6-11;2*1-2/h2-6,10,12H,7-9H2,1H3;2*1-2H3. The van der Waals surface area contributed by atoms with E-state index in [1.165, 1.54) is 0 Å². The lowest BCUT2D eigenvalue weighted by Gasteiger charge is -2.30. The van der Waals surface area contributed by atoms with Crippen LogP contribution in [0.3, 0.4) is 0 Å². The van der Waals surface area contributed by atoms with E-state index in [1.54, 1.807) is 0 Å². The van der Waals surface area contributed by atoms with Crippen LogP contribution in [-0.4, -0.2) is 5.97 Å². The Kier molecular flexibility index (Phi) is 9.87. The summed E-state index contributed by atoms with van der Waals surface area (Å²) in [5, 5.41) is 0. The molecule has 1 saturated carbocycles. The Bertz CT molecular complexity index is 326. The molecule has 1 fully saturated rings. The summed E-state index contributed by atoms with van der Waals surface area (Å²) in [6, 6.07) is 9.80. The van der Waals surface area contributed by atoms with Crippen molar-refractivity contribution in [2.45, 2.75) is 54.1 Å². The van der Waals surface area contributed by atoms with Gasteiger partial charge < -0.3 is 4.74 Å². The van der Waals surface area contributed by atoms with E-state index >= 15 is 0 Å². The number of ether oxygens (including phenoxy) is 1. The molecule has 0 bridgehead atoms. The minimum Gasteiger partial charge on any atom is -0.461 e. The largest absolute Gasteiger partial charge is 0.461 e. The van der Waals surface area contributed by atoms with Crippen LogP contribution in [0.2, 0.25) is 0 Å². The summed E-state index contributed by atoms with van der Waals surface area (Å²) >= 11 is 0. The summed E-state index contributed by atoms with van der Waals surface area (Å²) < 4.78 is 5.24. The molecule has 0 heterocycles. The van der Waals surface area contributed by atoms with E-state index in [0.717, 1.165) is 18.4 Å². The second-order valence-corrected chi connectivity index (χ2v) is 4.37. The number of carbonyl (C=O) groups is 1. The zero-order valence-electron chi connectivity index (χ0n) is 13.0. The molecule has 0 atom stereocenters. The van der Waals surface area contributed by atoms with Gasteiger partial charge in [0.1, 0.15) is 6.61 Å². The van der Waals surface area contributed by atoms with E-state index < -0.39 is 0 Å². The topological polar surface area (TPSA) is 26.3 Å². The van der Waals surface area contributed by atoms with Gasteiger partial charge in [-0.15, -0.1) is 0 Å². The van der Waals surface area contributed by atoms with Crippen molar-refractivity contribution in [2.75, 3.05) is 0 Å². The maximum atomic E-state index is 11.5. The molecule has 0 unspecified atom stereocenters. The molecular weight excluding hydrogens is 236 g/mol. The molecule has 2 nitrogen and oxygen atoms in total. The van der Waals surface area contributed by atoms with Crippen LogP contribution in [0.15, 0.2) is 30.3 Å².